The van der Waals surface area contributed by atoms with Gasteiger partial charge in [0, 0.05) is 17.3 Å². The second kappa shape index (κ2) is 7.20. The molecule has 0 radical (unpaired) electrons. The smallest absolute Gasteiger partial charge is 0.212 e. The lowest BCUT2D eigenvalue weighted by atomic mass is 9.77. The van der Waals surface area contributed by atoms with E-state index >= 15 is 0 Å². The standard InChI is InChI=1S/C20H23F2N/c1-2-3-14-4-6-15(7-5-14)16-8-10-18(19(21)12-16)17-9-11-20(22)23-13-17/h8-15H,2-7H2,1H3/t14-,15-. The summed E-state index contributed by atoms with van der Waals surface area (Å²) in [5.74, 6) is 0.532. The van der Waals surface area contributed by atoms with Crippen molar-refractivity contribution >= 4 is 0 Å². The number of nitrogens with zero attached hydrogens (tertiary/aromatic N) is 1. The Balaban J connectivity index is 1.74. The van der Waals surface area contributed by atoms with Crippen molar-refractivity contribution in [1.29, 1.82) is 0 Å². The van der Waals surface area contributed by atoms with Crippen LogP contribution < -0.4 is 0 Å². The number of hydrogen-bond acceptors (Lipinski definition) is 1. The largest absolute Gasteiger partial charge is 0.228 e. The van der Waals surface area contributed by atoms with Crippen molar-refractivity contribution in [2.75, 3.05) is 0 Å². The van der Waals surface area contributed by atoms with Gasteiger partial charge in [-0.15, -0.1) is 0 Å². The lowest BCUT2D eigenvalue weighted by Crippen LogP contribution is -2.13. The fraction of sp³-hybridized carbons (Fsp3) is 0.450. The monoisotopic (exact) mass is 315 g/mol. The van der Waals surface area contributed by atoms with E-state index in [1.54, 1.807) is 18.2 Å². The molecular formula is C20H23F2N. The Labute approximate surface area is 136 Å². The maximum atomic E-state index is 14.5. The molecule has 2 aromatic rings. The molecule has 1 aromatic carbocycles. The van der Waals surface area contributed by atoms with Crippen LogP contribution in [0.25, 0.3) is 11.1 Å². The van der Waals surface area contributed by atoms with Gasteiger partial charge in [0.25, 0.3) is 0 Å². The molecule has 1 aliphatic carbocycles. The molecule has 1 aromatic heterocycles. The van der Waals surface area contributed by atoms with Crippen LogP contribution in [0.3, 0.4) is 0 Å². The summed E-state index contributed by atoms with van der Waals surface area (Å²) >= 11 is 0. The fourth-order valence-electron chi connectivity index (χ4n) is 3.75. The molecule has 0 unspecified atom stereocenters. The molecule has 3 rings (SSSR count). The number of rotatable bonds is 4. The fourth-order valence-corrected chi connectivity index (χ4v) is 3.75. The zero-order valence-electron chi connectivity index (χ0n) is 13.6. The zero-order chi connectivity index (χ0) is 16.2. The van der Waals surface area contributed by atoms with Gasteiger partial charge in [-0.25, -0.2) is 9.37 Å². The summed E-state index contributed by atoms with van der Waals surface area (Å²) in [4.78, 5) is 3.60. The maximum Gasteiger partial charge on any atom is 0.212 e. The Hall–Kier alpha value is -1.77. The quantitative estimate of drug-likeness (QED) is 0.621. The van der Waals surface area contributed by atoms with Gasteiger partial charge >= 0.3 is 0 Å². The molecule has 0 atom stereocenters. The zero-order valence-corrected chi connectivity index (χ0v) is 13.6. The molecule has 1 saturated carbocycles. The minimum atomic E-state index is -0.547. The van der Waals surface area contributed by atoms with Crippen LogP contribution in [0.4, 0.5) is 8.78 Å². The van der Waals surface area contributed by atoms with Crippen molar-refractivity contribution in [3.05, 3.63) is 53.9 Å². The summed E-state index contributed by atoms with van der Waals surface area (Å²) in [5, 5.41) is 0. The first kappa shape index (κ1) is 16.1. The molecule has 1 aliphatic rings. The number of pyridine rings is 1. The molecule has 0 aliphatic heterocycles. The summed E-state index contributed by atoms with van der Waals surface area (Å²) in [6.45, 7) is 2.24. The first-order valence-electron chi connectivity index (χ1n) is 8.58. The summed E-state index contributed by atoms with van der Waals surface area (Å²) in [7, 11) is 0. The van der Waals surface area contributed by atoms with Crippen molar-refractivity contribution in [1.82, 2.24) is 4.98 Å². The van der Waals surface area contributed by atoms with Crippen molar-refractivity contribution < 1.29 is 8.78 Å². The highest BCUT2D eigenvalue weighted by atomic mass is 19.1. The van der Waals surface area contributed by atoms with Gasteiger partial charge < -0.3 is 0 Å². The van der Waals surface area contributed by atoms with E-state index in [1.165, 1.54) is 37.9 Å². The van der Waals surface area contributed by atoms with Crippen LogP contribution in [0.1, 0.15) is 56.9 Å². The van der Waals surface area contributed by atoms with E-state index in [9.17, 15) is 8.78 Å². The minimum absolute atomic E-state index is 0.244. The van der Waals surface area contributed by atoms with Gasteiger partial charge in [0.05, 0.1) is 0 Å². The summed E-state index contributed by atoms with van der Waals surface area (Å²) in [6.07, 6.45) is 8.77. The number of aromatic nitrogens is 1. The molecule has 23 heavy (non-hydrogen) atoms. The topological polar surface area (TPSA) is 12.9 Å². The highest BCUT2D eigenvalue weighted by Crippen LogP contribution is 2.38. The van der Waals surface area contributed by atoms with Crippen LogP contribution in [-0.4, -0.2) is 4.98 Å². The van der Waals surface area contributed by atoms with Crippen LogP contribution in [0.2, 0.25) is 0 Å². The summed E-state index contributed by atoms with van der Waals surface area (Å²) in [5.41, 5.74) is 2.19. The number of benzene rings is 1. The van der Waals surface area contributed by atoms with Gasteiger partial charge in [-0.05, 0) is 61.3 Å². The average molecular weight is 315 g/mol. The van der Waals surface area contributed by atoms with E-state index in [1.807, 2.05) is 6.07 Å². The first-order valence-corrected chi connectivity index (χ1v) is 8.58. The molecule has 1 nitrogen and oxygen atoms in total. The van der Waals surface area contributed by atoms with Gasteiger partial charge in [0.2, 0.25) is 5.95 Å². The minimum Gasteiger partial charge on any atom is -0.228 e. The van der Waals surface area contributed by atoms with Crippen LogP contribution >= 0.6 is 0 Å². The highest BCUT2D eigenvalue weighted by Gasteiger charge is 2.22. The average Bonchev–Trinajstić information content (AvgIpc) is 2.57. The predicted molar refractivity (Wildman–Crippen MR) is 89.2 cm³/mol. The highest BCUT2D eigenvalue weighted by molar-refractivity contribution is 5.63. The Kier molecular flexibility index (Phi) is 5.04. The van der Waals surface area contributed by atoms with Crippen LogP contribution in [-0.2, 0) is 0 Å². The molecular weight excluding hydrogens is 292 g/mol. The Bertz CT molecular complexity index is 643. The van der Waals surface area contributed by atoms with Gasteiger partial charge in [0.1, 0.15) is 5.82 Å². The van der Waals surface area contributed by atoms with Crippen LogP contribution in [0, 0.1) is 17.7 Å². The van der Waals surface area contributed by atoms with Crippen LogP contribution in [0.5, 0.6) is 0 Å². The third-order valence-electron chi connectivity index (χ3n) is 5.05. The Morgan fingerprint density at radius 3 is 2.43 bits per heavy atom. The van der Waals surface area contributed by atoms with Crippen molar-refractivity contribution in [2.45, 2.75) is 51.4 Å². The van der Waals surface area contributed by atoms with Crippen molar-refractivity contribution in [3.63, 3.8) is 0 Å². The van der Waals surface area contributed by atoms with Gasteiger partial charge in [-0.1, -0.05) is 31.9 Å². The molecule has 1 fully saturated rings. The van der Waals surface area contributed by atoms with E-state index in [0.717, 1.165) is 24.3 Å². The second-order valence-corrected chi connectivity index (χ2v) is 6.62. The Morgan fingerprint density at radius 1 is 1.04 bits per heavy atom. The molecule has 0 N–H and O–H groups in total. The van der Waals surface area contributed by atoms with Crippen LogP contribution in [0.15, 0.2) is 36.5 Å². The molecule has 122 valence electrons. The van der Waals surface area contributed by atoms with E-state index in [-0.39, 0.29) is 5.82 Å². The third-order valence-corrected chi connectivity index (χ3v) is 5.05. The van der Waals surface area contributed by atoms with Gasteiger partial charge in [0.15, 0.2) is 0 Å². The molecule has 0 bridgehead atoms. The van der Waals surface area contributed by atoms with Gasteiger partial charge in [-0.3, -0.25) is 0 Å². The lowest BCUT2D eigenvalue weighted by Gasteiger charge is -2.28. The number of hydrogen-bond donors (Lipinski definition) is 0. The molecule has 0 saturated heterocycles. The summed E-state index contributed by atoms with van der Waals surface area (Å²) < 4.78 is 27.4. The number of halogens is 2. The van der Waals surface area contributed by atoms with Crippen molar-refractivity contribution in [3.8, 4) is 11.1 Å². The maximum absolute atomic E-state index is 14.5. The predicted octanol–water partition coefficient (Wildman–Crippen LogP) is 6.10. The SMILES string of the molecule is CCC[C@H]1CC[C@H](c2ccc(-c3ccc(F)nc3)c(F)c2)CC1. The lowest BCUT2D eigenvalue weighted by molar-refractivity contribution is 0.308. The first-order chi connectivity index (χ1) is 11.2. The molecule has 0 amide bonds. The molecule has 1 heterocycles. The molecule has 3 heteroatoms. The van der Waals surface area contributed by atoms with E-state index in [4.69, 9.17) is 0 Å². The van der Waals surface area contributed by atoms with Gasteiger partial charge in [-0.2, -0.15) is 4.39 Å². The Morgan fingerprint density at radius 2 is 1.83 bits per heavy atom. The molecule has 0 spiro atoms. The van der Waals surface area contributed by atoms with E-state index in [2.05, 4.69) is 11.9 Å². The van der Waals surface area contributed by atoms with E-state index < -0.39 is 5.95 Å². The second-order valence-electron chi connectivity index (χ2n) is 6.62. The normalized spacial score (nSPS) is 21.3. The third kappa shape index (κ3) is 3.77. The van der Waals surface area contributed by atoms with E-state index in [0.29, 0.717) is 17.0 Å². The summed E-state index contributed by atoms with van der Waals surface area (Å²) in [6, 6.07) is 8.31. The van der Waals surface area contributed by atoms with Crippen molar-refractivity contribution in [2.24, 2.45) is 5.92 Å².